The molecule has 0 fully saturated rings. The third-order valence-electron chi connectivity index (χ3n) is 2.81. The van der Waals surface area contributed by atoms with Crippen molar-refractivity contribution in [2.75, 3.05) is 24.6 Å². The molecule has 0 radical (unpaired) electrons. The van der Waals surface area contributed by atoms with Crippen molar-refractivity contribution in [3.05, 3.63) is 24.3 Å². The van der Waals surface area contributed by atoms with Gasteiger partial charge < -0.3 is 15.2 Å². The van der Waals surface area contributed by atoms with Crippen LogP contribution in [-0.2, 0) is 9.59 Å². The molecule has 6 nitrogen and oxygen atoms in total. The Morgan fingerprint density at radius 1 is 1.47 bits per heavy atom. The number of nitrogens with one attached hydrogen (secondary N) is 1. The minimum Gasteiger partial charge on any atom is -0.479 e. The standard InChI is InChI=1S/C13H16N2O4/c1-9-13(18)15(8-12(17)14-6-7-16)10-4-2-3-5-11(10)19-9/h2-5,9,16H,6-8H2,1H3,(H,14,17). The summed E-state index contributed by atoms with van der Waals surface area (Å²) in [6.45, 7) is 1.62. The lowest BCUT2D eigenvalue weighted by Gasteiger charge is -2.32. The first-order valence-electron chi connectivity index (χ1n) is 6.08. The van der Waals surface area contributed by atoms with E-state index in [9.17, 15) is 9.59 Å². The second-order valence-electron chi connectivity index (χ2n) is 4.23. The number of rotatable bonds is 4. The Balaban J connectivity index is 2.18. The normalized spacial score (nSPS) is 17.7. The number of carbonyl (C=O) groups is 2. The zero-order valence-corrected chi connectivity index (χ0v) is 10.6. The van der Waals surface area contributed by atoms with Crippen molar-refractivity contribution in [3.8, 4) is 5.75 Å². The van der Waals surface area contributed by atoms with Crippen molar-refractivity contribution in [3.63, 3.8) is 0 Å². The predicted molar refractivity (Wildman–Crippen MR) is 69.0 cm³/mol. The molecule has 1 aliphatic heterocycles. The first kappa shape index (κ1) is 13.4. The van der Waals surface area contributed by atoms with Crippen LogP contribution in [-0.4, -0.2) is 42.7 Å². The van der Waals surface area contributed by atoms with Crippen molar-refractivity contribution in [1.29, 1.82) is 0 Å². The summed E-state index contributed by atoms with van der Waals surface area (Å²) in [5.41, 5.74) is 0.588. The molecule has 0 aromatic heterocycles. The van der Waals surface area contributed by atoms with Gasteiger partial charge in [0.2, 0.25) is 5.91 Å². The Morgan fingerprint density at radius 2 is 2.21 bits per heavy atom. The molecule has 1 aromatic rings. The van der Waals surface area contributed by atoms with Gasteiger partial charge in [-0.05, 0) is 19.1 Å². The number of fused-ring (bicyclic) bond motifs is 1. The van der Waals surface area contributed by atoms with Crippen molar-refractivity contribution < 1.29 is 19.4 Å². The van der Waals surface area contributed by atoms with Crippen molar-refractivity contribution in [1.82, 2.24) is 5.32 Å². The fourth-order valence-electron chi connectivity index (χ4n) is 1.92. The quantitative estimate of drug-likeness (QED) is 0.796. The van der Waals surface area contributed by atoms with E-state index >= 15 is 0 Å². The molecule has 0 spiro atoms. The van der Waals surface area contributed by atoms with E-state index in [1.807, 2.05) is 6.07 Å². The molecule has 2 N–H and O–H groups in total. The molecular formula is C13H16N2O4. The number of amides is 2. The summed E-state index contributed by atoms with van der Waals surface area (Å²) in [6, 6.07) is 7.09. The molecule has 6 heteroatoms. The van der Waals surface area contributed by atoms with E-state index in [4.69, 9.17) is 9.84 Å². The van der Waals surface area contributed by atoms with E-state index in [2.05, 4.69) is 5.32 Å². The van der Waals surface area contributed by atoms with Gasteiger partial charge in [0, 0.05) is 6.54 Å². The van der Waals surface area contributed by atoms with E-state index < -0.39 is 6.10 Å². The van der Waals surface area contributed by atoms with E-state index in [0.29, 0.717) is 11.4 Å². The first-order chi connectivity index (χ1) is 9.13. The van der Waals surface area contributed by atoms with Gasteiger partial charge in [-0.1, -0.05) is 12.1 Å². The van der Waals surface area contributed by atoms with Gasteiger partial charge in [-0.25, -0.2) is 0 Å². The molecule has 0 saturated carbocycles. The van der Waals surface area contributed by atoms with Crippen LogP contribution in [0.1, 0.15) is 6.92 Å². The Morgan fingerprint density at radius 3 is 2.95 bits per heavy atom. The van der Waals surface area contributed by atoms with Crippen LogP contribution in [0, 0.1) is 0 Å². The average Bonchev–Trinajstić information content (AvgIpc) is 2.41. The second-order valence-corrected chi connectivity index (χ2v) is 4.23. The molecule has 2 rings (SSSR count). The summed E-state index contributed by atoms with van der Waals surface area (Å²) >= 11 is 0. The summed E-state index contributed by atoms with van der Waals surface area (Å²) in [5.74, 6) is 0.0220. The molecule has 0 saturated heterocycles. The lowest BCUT2D eigenvalue weighted by atomic mass is 10.2. The minimum absolute atomic E-state index is 0.0798. The highest BCUT2D eigenvalue weighted by Gasteiger charge is 2.32. The fourth-order valence-corrected chi connectivity index (χ4v) is 1.92. The third-order valence-corrected chi connectivity index (χ3v) is 2.81. The molecule has 1 aliphatic rings. The molecule has 19 heavy (non-hydrogen) atoms. The zero-order valence-electron chi connectivity index (χ0n) is 10.6. The highest BCUT2D eigenvalue weighted by molar-refractivity contribution is 6.03. The molecule has 1 atom stereocenters. The molecule has 1 aromatic carbocycles. The Bertz CT molecular complexity index is 489. The van der Waals surface area contributed by atoms with Gasteiger partial charge in [-0.3, -0.25) is 14.5 Å². The largest absolute Gasteiger partial charge is 0.479 e. The van der Waals surface area contributed by atoms with Crippen molar-refractivity contribution in [2.24, 2.45) is 0 Å². The van der Waals surface area contributed by atoms with Gasteiger partial charge in [0.05, 0.1) is 12.3 Å². The Labute approximate surface area is 111 Å². The summed E-state index contributed by atoms with van der Waals surface area (Å²) in [7, 11) is 0. The zero-order chi connectivity index (χ0) is 13.8. The van der Waals surface area contributed by atoms with Crippen LogP contribution in [0.5, 0.6) is 5.75 Å². The van der Waals surface area contributed by atoms with Crippen LogP contribution in [0.2, 0.25) is 0 Å². The molecule has 1 heterocycles. The maximum Gasteiger partial charge on any atom is 0.268 e. The second kappa shape index (κ2) is 5.71. The first-order valence-corrected chi connectivity index (χ1v) is 6.08. The molecule has 0 aliphatic carbocycles. The summed E-state index contributed by atoms with van der Waals surface area (Å²) in [5, 5.41) is 11.2. The number of nitrogens with zero attached hydrogens (tertiary/aromatic N) is 1. The van der Waals surface area contributed by atoms with Crippen molar-refractivity contribution in [2.45, 2.75) is 13.0 Å². The highest BCUT2D eigenvalue weighted by atomic mass is 16.5. The molecule has 2 amide bonds. The van der Waals surface area contributed by atoms with Crippen LogP contribution in [0.25, 0.3) is 0 Å². The van der Waals surface area contributed by atoms with Gasteiger partial charge in [0.1, 0.15) is 12.3 Å². The number of aliphatic hydroxyl groups excluding tert-OH is 1. The topological polar surface area (TPSA) is 78.9 Å². The SMILES string of the molecule is CC1Oc2ccccc2N(CC(=O)NCCO)C1=O. The fraction of sp³-hybridized carbons (Fsp3) is 0.385. The number of benzene rings is 1. The summed E-state index contributed by atoms with van der Waals surface area (Å²) in [4.78, 5) is 25.1. The van der Waals surface area contributed by atoms with E-state index in [0.717, 1.165) is 0 Å². The van der Waals surface area contributed by atoms with E-state index in [-0.39, 0.29) is 31.5 Å². The van der Waals surface area contributed by atoms with Crippen molar-refractivity contribution >= 4 is 17.5 Å². The van der Waals surface area contributed by atoms with Gasteiger partial charge >= 0.3 is 0 Å². The third kappa shape index (κ3) is 2.85. The van der Waals surface area contributed by atoms with Gasteiger partial charge in [0.15, 0.2) is 6.10 Å². The maximum atomic E-state index is 12.1. The van der Waals surface area contributed by atoms with E-state index in [1.165, 1.54) is 4.90 Å². The Hall–Kier alpha value is -2.08. The van der Waals surface area contributed by atoms with Crippen LogP contribution >= 0.6 is 0 Å². The van der Waals surface area contributed by atoms with Gasteiger partial charge in [-0.2, -0.15) is 0 Å². The summed E-state index contributed by atoms with van der Waals surface area (Å²) in [6.07, 6.45) is -0.611. The monoisotopic (exact) mass is 264 g/mol. The number of aliphatic hydroxyl groups is 1. The molecule has 0 bridgehead atoms. The van der Waals surface area contributed by atoms with E-state index in [1.54, 1.807) is 25.1 Å². The molecule has 1 unspecified atom stereocenters. The molecule has 102 valence electrons. The van der Waals surface area contributed by atoms with Crippen LogP contribution in [0.15, 0.2) is 24.3 Å². The van der Waals surface area contributed by atoms with Crippen LogP contribution in [0.3, 0.4) is 0 Å². The number of para-hydroxylation sites is 2. The number of hydrogen-bond donors (Lipinski definition) is 2. The Kier molecular flexibility index (Phi) is 4.01. The van der Waals surface area contributed by atoms with Gasteiger partial charge in [-0.15, -0.1) is 0 Å². The average molecular weight is 264 g/mol. The number of ether oxygens (including phenoxy) is 1. The number of hydrogen-bond acceptors (Lipinski definition) is 4. The van der Waals surface area contributed by atoms with Crippen LogP contribution in [0.4, 0.5) is 5.69 Å². The number of anilines is 1. The highest BCUT2D eigenvalue weighted by Crippen LogP contribution is 2.33. The summed E-state index contributed by atoms with van der Waals surface area (Å²) < 4.78 is 5.47. The smallest absolute Gasteiger partial charge is 0.268 e. The minimum atomic E-state index is -0.611. The lowest BCUT2D eigenvalue weighted by Crippen LogP contribution is -2.49. The predicted octanol–water partition coefficient (Wildman–Crippen LogP) is -0.0910. The van der Waals surface area contributed by atoms with Crippen LogP contribution < -0.4 is 15.0 Å². The number of carbonyl (C=O) groups excluding carboxylic acids is 2. The maximum absolute atomic E-state index is 12.1. The molecular weight excluding hydrogens is 248 g/mol. The lowest BCUT2D eigenvalue weighted by molar-refractivity contribution is -0.128. The van der Waals surface area contributed by atoms with Gasteiger partial charge in [0.25, 0.3) is 5.91 Å².